The zero-order chi connectivity index (χ0) is 15.1. The summed E-state index contributed by atoms with van der Waals surface area (Å²) in [6.45, 7) is 8.41. The van der Waals surface area contributed by atoms with Crippen LogP contribution in [0, 0.1) is 5.92 Å². The molecular weight excluding hydrogens is 286 g/mol. The zero-order valence-electron chi connectivity index (χ0n) is 11.9. The Labute approximate surface area is 118 Å². The second-order valence-corrected chi connectivity index (χ2v) is 6.79. The number of allylic oxidation sites excluding steroid dienone is 1. The molecule has 114 valence electrons. The van der Waals surface area contributed by atoms with Crippen LogP contribution in [0.2, 0.25) is 0 Å². The minimum absolute atomic E-state index is 0.114. The average Bonchev–Trinajstić information content (AvgIpc) is 2.74. The van der Waals surface area contributed by atoms with E-state index < -0.39 is 16.4 Å². The number of aliphatic hydroxyl groups excluding tert-OH is 1. The van der Waals surface area contributed by atoms with Crippen LogP contribution in [0.4, 0.5) is 0 Å². The van der Waals surface area contributed by atoms with Crippen molar-refractivity contribution in [2.24, 2.45) is 5.92 Å². The molecule has 0 aromatic carbocycles. The molecule has 1 rings (SSSR count). The Bertz CT molecular complexity index is 218. The molecule has 1 aliphatic heterocycles. The number of unbranched alkanes of at least 4 members (excludes halogenated alkanes) is 1. The summed E-state index contributed by atoms with van der Waals surface area (Å²) in [5.74, 6) is 0.534. The summed E-state index contributed by atoms with van der Waals surface area (Å²) >= 11 is 0. The highest BCUT2D eigenvalue weighted by atomic mass is 31.2. The molecule has 0 spiro atoms. The van der Waals surface area contributed by atoms with E-state index in [0.29, 0.717) is 31.5 Å². The molecule has 0 aliphatic carbocycles. The van der Waals surface area contributed by atoms with Crippen molar-refractivity contribution in [3.8, 4) is 0 Å². The zero-order valence-corrected chi connectivity index (χ0v) is 13.8. The van der Waals surface area contributed by atoms with Crippen LogP contribution in [0.15, 0.2) is 12.7 Å². The van der Waals surface area contributed by atoms with Crippen LogP contribution in [-0.2, 0) is 9.09 Å². The van der Waals surface area contributed by atoms with Gasteiger partial charge in [-0.1, -0.05) is 19.9 Å². The summed E-state index contributed by atoms with van der Waals surface area (Å²) in [7, 11) is -3.53. The van der Waals surface area contributed by atoms with E-state index in [0.717, 1.165) is 12.6 Å². The van der Waals surface area contributed by atoms with Gasteiger partial charge in [0.1, 0.15) is 0 Å². The molecule has 0 amide bonds. The molecule has 19 heavy (non-hydrogen) atoms. The lowest BCUT2D eigenvalue weighted by Crippen LogP contribution is -1.96. The van der Waals surface area contributed by atoms with Gasteiger partial charge in [-0.15, -0.1) is 6.58 Å². The van der Waals surface area contributed by atoms with E-state index in [1.165, 1.54) is 0 Å². The maximum atomic E-state index is 10.4. The molecule has 0 saturated carbocycles. The van der Waals surface area contributed by atoms with Crippen molar-refractivity contribution in [1.29, 1.82) is 0 Å². The topological polar surface area (TPSA) is 89.8 Å². The summed E-state index contributed by atoms with van der Waals surface area (Å²) in [6, 6.07) is 0. The highest BCUT2D eigenvalue weighted by Gasteiger charge is 2.20. The molecule has 3 atom stereocenters. The number of hydrogen-bond acceptors (Lipinski definition) is 4. The van der Waals surface area contributed by atoms with Crippen LogP contribution < -0.4 is 4.89 Å². The monoisotopic (exact) mass is 313 g/mol. The second kappa shape index (κ2) is 16.2. The molecule has 7 heteroatoms. The van der Waals surface area contributed by atoms with E-state index in [1.807, 2.05) is 6.08 Å². The van der Waals surface area contributed by atoms with Crippen molar-refractivity contribution >= 4 is 16.4 Å². The first-order chi connectivity index (χ1) is 8.97. The fraction of sp³-hybridized carbons (Fsp3) is 0.833. The fourth-order valence-electron chi connectivity index (χ4n) is 0.996. The number of hydrogen-bond donors (Lipinski definition) is 2. The average molecular weight is 313 g/mol. The first-order valence-electron chi connectivity index (χ1n) is 6.48. The fourth-order valence-corrected chi connectivity index (χ4v) is 2.77. The van der Waals surface area contributed by atoms with Gasteiger partial charge in [0.05, 0.1) is 21.1 Å². The van der Waals surface area contributed by atoms with Crippen LogP contribution in [0.3, 0.4) is 0 Å². The van der Waals surface area contributed by atoms with Gasteiger partial charge >= 0.3 is 8.03 Å². The third-order valence-electron chi connectivity index (χ3n) is 2.09. The Balaban J connectivity index is 0. The molecule has 5 nitrogen and oxygen atoms in total. The van der Waals surface area contributed by atoms with Crippen LogP contribution >= 0.6 is 16.4 Å². The van der Waals surface area contributed by atoms with E-state index in [-0.39, 0.29) is 6.61 Å². The standard InChI is InChI=1S/C4H9O3P.C4H9O2P.C4H8/c5-3-1-2-4-8(6)7;1-4-2-6-7(5)3-4;1-3-4-2/h5H,1-4H2;4,7H,2-3H2,1H3;3H,1,4H2,2H3/p+1. The lowest BCUT2D eigenvalue weighted by Gasteiger charge is -1.98. The lowest BCUT2D eigenvalue weighted by molar-refractivity contribution is -0.176. The smallest absolute Gasteiger partial charge is 0.505 e. The largest absolute Gasteiger partial charge is 0.657 e. The van der Waals surface area contributed by atoms with Crippen molar-refractivity contribution in [1.82, 2.24) is 0 Å². The van der Waals surface area contributed by atoms with Gasteiger partial charge in [-0.2, -0.15) is 4.89 Å². The Morgan fingerprint density at radius 2 is 2.16 bits per heavy atom. The van der Waals surface area contributed by atoms with Crippen molar-refractivity contribution in [2.75, 3.05) is 25.5 Å². The van der Waals surface area contributed by atoms with E-state index in [9.17, 15) is 9.46 Å². The highest BCUT2D eigenvalue weighted by Crippen LogP contribution is 2.36. The SMILES string of the molecule is C=CCC.CC1CO[PH+]([O-])C1.O=[P+](O)CCCCO. The normalized spacial score (nSPS) is 21.6. The molecule has 0 aromatic rings. The van der Waals surface area contributed by atoms with Gasteiger partial charge in [-0.05, 0) is 23.8 Å². The minimum atomic E-state index is -1.97. The van der Waals surface area contributed by atoms with Crippen molar-refractivity contribution in [3.63, 3.8) is 0 Å². The summed E-state index contributed by atoms with van der Waals surface area (Å²) in [5, 5.41) is 8.20. The van der Waals surface area contributed by atoms with Gasteiger partial charge in [0.2, 0.25) is 0 Å². The Kier molecular flexibility index (Phi) is 18.2. The lowest BCUT2D eigenvalue weighted by atomic mass is 10.2. The molecule has 0 bridgehead atoms. The Morgan fingerprint density at radius 3 is 2.37 bits per heavy atom. The molecule has 3 unspecified atom stereocenters. The van der Waals surface area contributed by atoms with Crippen LogP contribution in [0.5, 0.6) is 0 Å². The van der Waals surface area contributed by atoms with E-state index in [4.69, 9.17) is 14.5 Å². The van der Waals surface area contributed by atoms with Crippen molar-refractivity contribution < 1.29 is 24.0 Å². The van der Waals surface area contributed by atoms with E-state index in [1.54, 1.807) is 0 Å². The maximum Gasteiger partial charge on any atom is 0.505 e. The first-order valence-corrected chi connectivity index (χ1v) is 9.40. The van der Waals surface area contributed by atoms with Crippen molar-refractivity contribution in [2.45, 2.75) is 33.1 Å². The Morgan fingerprint density at radius 1 is 1.58 bits per heavy atom. The molecule has 0 aromatic heterocycles. The maximum absolute atomic E-state index is 10.4. The highest BCUT2D eigenvalue weighted by molar-refractivity contribution is 7.44. The number of aliphatic hydroxyl groups is 1. The van der Waals surface area contributed by atoms with Crippen LogP contribution in [-0.4, -0.2) is 35.5 Å². The predicted molar refractivity (Wildman–Crippen MR) is 79.8 cm³/mol. The number of rotatable bonds is 5. The predicted octanol–water partition coefficient (Wildman–Crippen LogP) is 2.13. The van der Waals surface area contributed by atoms with E-state index in [2.05, 4.69) is 20.4 Å². The molecule has 1 aliphatic rings. The van der Waals surface area contributed by atoms with Gasteiger partial charge in [0.25, 0.3) is 0 Å². The molecule has 2 N–H and O–H groups in total. The third-order valence-corrected chi connectivity index (χ3v) is 4.31. The van der Waals surface area contributed by atoms with Gasteiger partial charge in [-0.3, -0.25) is 0 Å². The van der Waals surface area contributed by atoms with Crippen molar-refractivity contribution in [3.05, 3.63) is 12.7 Å². The van der Waals surface area contributed by atoms with Gasteiger partial charge in [-0.25, -0.2) is 4.52 Å². The molecule has 1 heterocycles. The summed E-state index contributed by atoms with van der Waals surface area (Å²) in [6.07, 6.45) is 5.34. The third kappa shape index (κ3) is 20.6. The molecule has 1 saturated heterocycles. The Hall–Kier alpha value is 0.110. The summed E-state index contributed by atoms with van der Waals surface area (Å²) in [5.41, 5.74) is 0. The molecular formula is C12H27O5P2+. The summed E-state index contributed by atoms with van der Waals surface area (Å²) < 4.78 is 14.8. The summed E-state index contributed by atoms with van der Waals surface area (Å²) in [4.78, 5) is 18.6. The van der Waals surface area contributed by atoms with Gasteiger partial charge < -0.3 is 10.00 Å². The molecule has 0 radical (unpaired) electrons. The van der Waals surface area contributed by atoms with Crippen LogP contribution in [0.25, 0.3) is 0 Å². The second-order valence-electron chi connectivity index (χ2n) is 4.20. The first kappa shape index (κ1) is 21.4. The molecule has 1 fully saturated rings. The quantitative estimate of drug-likeness (QED) is 0.461. The van der Waals surface area contributed by atoms with Gasteiger partial charge in [0.15, 0.2) is 6.16 Å². The van der Waals surface area contributed by atoms with Crippen LogP contribution in [0.1, 0.15) is 33.1 Å². The van der Waals surface area contributed by atoms with Gasteiger partial charge in [0, 0.05) is 12.5 Å². The minimum Gasteiger partial charge on any atom is -0.657 e. The van der Waals surface area contributed by atoms with E-state index >= 15 is 0 Å².